The van der Waals surface area contributed by atoms with E-state index in [2.05, 4.69) is 5.32 Å². The molecule has 2 saturated heterocycles. The second-order valence-electron chi connectivity index (χ2n) is 5.97. The van der Waals surface area contributed by atoms with Crippen LogP contribution in [-0.4, -0.2) is 42.8 Å². The molecular weight excluding hydrogens is 306 g/mol. The summed E-state index contributed by atoms with van der Waals surface area (Å²) in [7, 11) is -3.63. The number of nitro groups is 1. The summed E-state index contributed by atoms with van der Waals surface area (Å²) in [5, 5.41) is 13.9. The van der Waals surface area contributed by atoms with E-state index in [4.69, 9.17) is 0 Å². The van der Waals surface area contributed by atoms with E-state index < -0.39 is 14.9 Å². The van der Waals surface area contributed by atoms with Gasteiger partial charge in [0, 0.05) is 31.8 Å². The van der Waals surface area contributed by atoms with Crippen LogP contribution in [0.1, 0.15) is 25.7 Å². The van der Waals surface area contributed by atoms with Gasteiger partial charge in [-0.25, -0.2) is 8.42 Å². The molecule has 2 fully saturated rings. The fourth-order valence-corrected chi connectivity index (χ4v) is 5.09. The minimum Gasteiger partial charge on any atom is -0.313 e. The third kappa shape index (κ3) is 2.51. The van der Waals surface area contributed by atoms with E-state index in [1.807, 2.05) is 0 Å². The summed E-state index contributed by atoms with van der Waals surface area (Å²) < 4.78 is 27.5. The maximum absolute atomic E-state index is 13.0. The van der Waals surface area contributed by atoms with E-state index in [0.29, 0.717) is 19.6 Å². The van der Waals surface area contributed by atoms with E-state index in [-0.39, 0.29) is 16.1 Å². The lowest BCUT2D eigenvalue weighted by atomic mass is 9.87. The molecule has 0 radical (unpaired) electrons. The third-order valence-corrected chi connectivity index (χ3v) is 6.59. The number of nitro benzene ring substituents is 1. The number of hydrogen-bond acceptors (Lipinski definition) is 5. The standard InChI is InChI=1S/C14H19N3O4S/c18-17(19)12-4-6-13(7-5-12)22(20,21)16-9-3-1-2-8-14(16)10-15-11-14/h4-7,15H,1-3,8-11H2. The first kappa shape index (κ1) is 15.4. The molecule has 3 rings (SSSR count). The van der Waals surface area contributed by atoms with Crippen LogP contribution in [0.5, 0.6) is 0 Å². The molecule has 0 amide bonds. The summed E-state index contributed by atoms with van der Waals surface area (Å²) in [6, 6.07) is 5.16. The number of hydrogen-bond donors (Lipinski definition) is 1. The molecule has 2 aliphatic heterocycles. The molecule has 1 N–H and O–H groups in total. The first-order valence-electron chi connectivity index (χ1n) is 7.44. The minimum absolute atomic E-state index is 0.102. The highest BCUT2D eigenvalue weighted by Gasteiger charge is 2.48. The molecule has 1 spiro atoms. The van der Waals surface area contributed by atoms with Gasteiger partial charge in [-0.15, -0.1) is 0 Å². The molecule has 22 heavy (non-hydrogen) atoms. The lowest BCUT2D eigenvalue weighted by molar-refractivity contribution is -0.384. The lowest BCUT2D eigenvalue weighted by Crippen LogP contribution is -2.69. The van der Waals surface area contributed by atoms with Gasteiger partial charge in [0.15, 0.2) is 0 Å². The Morgan fingerprint density at radius 2 is 1.82 bits per heavy atom. The van der Waals surface area contributed by atoms with Gasteiger partial charge in [-0.1, -0.05) is 12.8 Å². The van der Waals surface area contributed by atoms with E-state index in [1.54, 1.807) is 4.31 Å². The highest BCUT2D eigenvalue weighted by Crippen LogP contribution is 2.35. The van der Waals surface area contributed by atoms with Crippen LogP contribution in [-0.2, 0) is 10.0 Å². The van der Waals surface area contributed by atoms with Crippen molar-refractivity contribution in [1.82, 2.24) is 9.62 Å². The molecule has 0 saturated carbocycles. The molecule has 0 unspecified atom stereocenters. The summed E-state index contributed by atoms with van der Waals surface area (Å²) in [5.74, 6) is 0. The Morgan fingerprint density at radius 1 is 1.14 bits per heavy atom. The Morgan fingerprint density at radius 3 is 2.36 bits per heavy atom. The van der Waals surface area contributed by atoms with Crippen molar-refractivity contribution in [2.75, 3.05) is 19.6 Å². The number of sulfonamides is 1. The van der Waals surface area contributed by atoms with Crippen LogP contribution in [0.3, 0.4) is 0 Å². The Balaban J connectivity index is 1.95. The molecular formula is C14H19N3O4S. The SMILES string of the molecule is O=[N+]([O-])c1ccc(S(=O)(=O)N2CCCCCC23CNC3)cc1. The Kier molecular flexibility index (Phi) is 3.92. The zero-order valence-electron chi connectivity index (χ0n) is 12.2. The van der Waals surface area contributed by atoms with Gasteiger partial charge in [0.1, 0.15) is 0 Å². The first-order chi connectivity index (χ1) is 10.5. The topological polar surface area (TPSA) is 92.5 Å². The van der Waals surface area contributed by atoms with Gasteiger partial charge in [-0.3, -0.25) is 10.1 Å². The number of benzene rings is 1. The van der Waals surface area contributed by atoms with E-state index in [9.17, 15) is 18.5 Å². The Bertz CT molecular complexity index is 668. The highest BCUT2D eigenvalue weighted by molar-refractivity contribution is 7.89. The van der Waals surface area contributed by atoms with Crippen molar-refractivity contribution in [3.05, 3.63) is 34.4 Å². The van der Waals surface area contributed by atoms with Gasteiger partial charge in [-0.05, 0) is 25.0 Å². The van der Waals surface area contributed by atoms with Crippen LogP contribution in [0.4, 0.5) is 5.69 Å². The monoisotopic (exact) mass is 325 g/mol. The van der Waals surface area contributed by atoms with Crippen LogP contribution in [0.15, 0.2) is 29.2 Å². The zero-order valence-corrected chi connectivity index (χ0v) is 13.0. The van der Waals surface area contributed by atoms with Crippen LogP contribution in [0.2, 0.25) is 0 Å². The maximum atomic E-state index is 13.0. The Labute approximate surface area is 129 Å². The normalized spacial score (nSPS) is 22.0. The molecule has 1 aromatic carbocycles. The van der Waals surface area contributed by atoms with E-state index in [1.165, 1.54) is 24.3 Å². The number of non-ortho nitro benzene ring substituents is 1. The minimum atomic E-state index is -3.63. The lowest BCUT2D eigenvalue weighted by Gasteiger charge is -2.49. The molecule has 0 bridgehead atoms. The molecule has 2 heterocycles. The predicted molar refractivity (Wildman–Crippen MR) is 81.1 cm³/mol. The van der Waals surface area contributed by atoms with Crippen molar-refractivity contribution < 1.29 is 13.3 Å². The smallest absolute Gasteiger partial charge is 0.269 e. The first-order valence-corrected chi connectivity index (χ1v) is 8.88. The van der Waals surface area contributed by atoms with Gasteiger partial charge in [-0.2, -0.15) is 4.31 Å². The van der Waals surface area contributed by atoms with Crippen molar-refractivity contribution >= 4 is 15.7 Å². The maximum Gasteiger partial charge on any atom is 0.269 e. The van der Waals surface area contributed by atoms with Crippen molar-refractivity contribution in [3.8, 4) is 0 Å². The summed E-state index contributed by atoms with van der Waals surface area (Å²) in [5.41, 5.74) is -0.424. The zero-order chi connectivity index (χ0) is 15.8. The fraction of sp³-hybridized carbons (Fsp3) is 0.571. The second-order valence-corrected chi connectivity index (χ2v) is 7.83. The summed E-state index contributed by atoms with van der Waals surface area (Å²) in [6.07, 6.45) is 3.79. The van der Waals surface area contributed by atoms with Gasteiger partial charge in [0.05, 0.1) is 15.4 Å². The number of nitrogens with one attached hydrogen (secondary N) is 1. The molecule has 0 aliphatic carbocycles. The highest BCUT2D eigenvalue weighted by atomic mass is 32.2. The van der Waals surface area contributed by atoms with Crippen molar-refractivity contribution in [1.29, 1.82) is 0 Å². The average molecular weight is 325 g/mol. The van der Waals surface area contributed by atoms with Gasteiger partial charge in [0.25, 0.3) is 5.69 Å². The predicted octanol–water partition coefficient (Wildman–Crippen LogP) is 1.50. The van der Waals surface area contributed by atoms with Crippen LogP contribution in [0, 0.1) is 10.1 Å². The van der Waals surface area contributed by atoms with Gasteiger partial charge < -0.3 is 5.32 Å². The fourth-order valence-electron chi connectivity index (χ4n) is 3.26. The van der Waals surface area contributed by atoms with Crippen LogP contribution < -0.4 is 5.32 Å². The molecule has 1 aromatic rings. The van der Waals surface area contributed by atoms with Crippen molar-refractivity contribution in [3.63, 3.8) is 0 Å². The van der Waals surface area contributed by atoms with Gasteiger partial charge in [0.2, 0.25) is 10.0 Å². The number of nitrogens with zero attached hydrogens (tertiary/aromatic N) is 2. The van der Waals surface area contributed by atoms with Crippen LogP contribution >= 0.6 is 0 Å². The summed E-state index contributed by atoms with van der Waals surface area (Å²) in [6.45, 7) is 1.87. The molecule has 2 aliphatic rings. The Hall–Kier alpha value is -1.51. The van der Waals surface area contributed by atoms with Crippen molar-refractivity contribution in [2.24, 2.45) is 0 Å². The summed E-state index contributed by atoms with van der Waals surface area (Å²) >= 11 is 0. The molecule has 8 heteroatoms. The third-order valence-electron chi connectivity index (χ3n) is 4.58. The molecule has 7 nitrogen and oxygen atoms in total. The average Bonchev–Trinajstić information content (AvgIpc) is 2.70. The van der Waals surface area contributed by atoms with E-state index >= 15 is 0 Å². The molecule has 0 atom stereocenters. The van der Waals surface area contributed by atoms with E-state index in [0.717, 1.165) is 25.7 Å². The molecule has 120 valence electrons. The summed E-state index contributed by atoms with van der Waals surface area (Å²) in [4.78, 5) is 10.3. The largest absolute Gasteiger partial charge is 0.313 e. The van der Waals surface area contributed by atoms with Crippen molar-refractivity contribution in [2.45, 2.75) is 36.1 Å². The second kappa shape index (κ2) is 5.60. The van der Waals surface area contributed by atoms with Gasteiger partial charge >= 0.3 is 0 Å². The van der Waals surface area contributed by atoms with Crippen LogP contribution in [0.25, 0.3) is 0 Å². The number of rotatable bonds is 3. The molecule has 0 aromatic heterocycles. The quantitative estimate of drug-likeness (QED) is 0.671.